The van der Waals surface area contributed by atoms with Crippen molar-refractivity contribution in [2.45, 2.75) is 39.8 Å². The zero-order valence-corrected chi connectivity index (χ0v) is 24.8. The van der Waals surface area contributed by atoms with Gasteiger partial charge in [-0.25, -0.2) is 9.79 Å². The van der Waals surface area contributed by atoms with Gasteiger partial charge in [-0.15, -0.1) is 0 Å². The highest BCUT2D eigenvalue weighted by atomic mass is 35.5. The van der Waals surface area contributed by atoms with Crippen molar-refractivity contribution in [3.63, 3.8) is 0 Å². The molecule has 0 aliphatic carbocycles. The van der Waals surface area contributed by atoms with Gasteiger partial charge in [0.05, 0.1) is 41.7 Å². The summed E-state index contributed by atoms with van der Waals surface area (Å²) in [4.78, 5) is 32.2. The smallest absolute Gasteiger partial charge is 0.338 e. The number of aromatic nitrogens is 1. The minimum atomic E-state index is -0.784. The van der Waals surface area contributed by atoms with Crippen LogP contribution in [0.5, 0.6) is 11.5 Å². The predicted octanol–water partition coefficient (Wildman–Crippen LogP) is 5.51. The number of halogens is 1. The van der Waals surface area contributed by atoms with E-state index in [0.717, 1.165) is 5.56 Å². The summed E-state index contributed by atoms with van der Waals surface area (Å²) in [6.45, 7) is 7.51. The molecular formula is C31H29ClN2O6S. The van der Waals surface area contributed by atoms with E-state index in [0.29, 0.717) is 48.6 Å². The van der Waals surface area contributed by atoms with Crippen molar-refractivity contribution in [3.8, 4) is 22.8 Å². The van der Waals surface area contributed by atoms with Crippen LogP contribution in [0.1, 0.15) is 45.1 Å². The first kappa shape index (κ1) is 28.4. The summed E-state index contributed by atoms with van der Waals surface area (Å²) in [5, 5.41) is 0.599. The van der Waals surface area contributed by atoms with Crippen molar-refractivity contribution in [3.05, 3.63) is 102 Å². The van der Waals surface area contributed by atoms with Crippen molar-refractivity contribution >= 4 is 35.0 Å². The lowest BCUT2D eigenvalue weighted by molar-refractivity contribution is -0.139. The molecule has 5 rings (SSSR count). The number of hydrogen-bond acceptors (Lipinski definition) is 8. The molecule has 4 aromatic rings. The number of rotatable bonds is 8. The van der Waals surface area contributed by atoms with E-state index in [4.69, 9.17) is 30.2 Å². The molecule has 212 valence electrons. The van der Waals surface area contributed by atoms with E-state index in [-0.39, 0.29) is 23.8 Å². The van der Waals surface area contributed by atoms with Gasteiger partial charge < -0.3 is 18.6 Å². The molecule has 0 spiro atoms. The van der Waals surface area contributed by atoms with Gasteiger partial charge in [0.25, 0.3) is 5.56 Å². The molecule has 10 heteroatoms. The van der Waals surface area contributed by atoms with E-state index in [9.17, 15) is 9.59 Å². The Morgan fingerprint density at radius 2 is 1.98 bits per heavy atom. The summed E-state index contributed by atoms with van der Waals surface area (Å²) < 4.78 is 24.8. The van der Waals surface area contributed by atoms with Crippen molar-refractivity contribution < 1.29 is 23.4 Å². The third-order valence-corrected chi connectivity index (χ3v) is 7.61. The van der Waals surface area contributed by atoms with Gasteiger partial charge in [0.1, 0.15) is 11.5 Å². The molecule has 41 heavy (non-hydrogen) atoms. The largest absolute Gasteiger partial charge is 0.493 e. The number of carbonyl (C=O) groups excluding carboxylic acids is 1. The molecule has 0 saturated heterocycles. The average Bonchev–Trinajstić information content (AvgIpc) is 3.52. The molecule has 1 atom stereocenters. The highest BCUT2D eigenvalue weighted by molar-refractivity contribution is 7.07. The van der Waals surface area contributed by atoms with E-state index in [1.54, 1.807) is 51.3 Å². The Bertz CT molecular complexity index is 1830. The van der Waals surface area contributed by atoms with Crippen LogP contribution < -0.4 is 24.4 Å². The van der Waals surface area contributed by atoms with Crippen LogP contribution in [0.25, 0.3) is 17.4 Å². The van der Waals surface area contributed by atoms with Crippen LogP contribution in [0.2, 0.25) is 5.02 Å². The fourth-order valence-electron chi connectivity index (χ4n) is 4.67. The predicted molar refractivity (Wildman–Crippen MR) is 158 cm³/mol. The Kier molecular flexibility index (Phi) is 8.19. The quantitative estimate of drug-likeness (QED) is 0.251. The van der Waals surface area contributed by atoms with Crippen LogP contribution in [-0.2, 0) is 9.53 Å². The third-order valence-electron chi connectivity index (χ3n) is 6.39. The highest BCUT2D eigenvalue weighted by Gasteiger charge is 2.34. The first-order chi connectivity index (χ1) is 19.7. The Morgan fingerprint density at radius 3 is 2.68 bits per heavy atom. The maximum absolute atomic E-state index is 13.9. The minimum absolute atomic E-state index is 0.0642. The Morgan fingerprint density at radius 1 is 1.17 bits per heavy atom. The lowest BCUT2D eigenvalue weighted by Crippen LogP contribution is -2.40. The molecule has 1 aliphatic rings. The molecule has 0 saturated carbocycles. The number of hydrogen-bond donors (Lipinski definition) is 0. The lowest BCUT2D eigenvalue weighted by Gasteiger charge is -2.25. The summed E-state index contributed by atoms with van der Waals surface area (Å²) >= 11 is 7.36. The first-order valence-electron chi connectivity index (χ1n) is 13.1. The monoisotopic (exact) mass is 592 g/mol. The third kappa shape index (κ3) is 5.73. The molecule has 0 fully saturated rings. The number of thiazole rings is 1. The van der Waals surface area contributed by atoms with Gasteiger partial charge in [-0.3, -0.25) is 9.36 Å². The average molecular weight is 593 g/mol. The second-order valence-electron chi connectivity index (χ2n) is 9.59. The first-order valence-corrected chi connectivity index (χ1v) is 14.3. The van der Waals surface area contributed by atoms with Crippen molar-refractivity contribution in [2.75, 3.05) is 13.7 Å². The molecule has 2 aromatic carbocycles. The number of carbonyl (C=O) groups is 1. The van der Waals surface area contributed by atoms with Crippen LogP contribution in [0, 0.1) is 0 Å². The molecule has 0 amide bonds. The number of benzene rings is 2. The Balaban J connectivity index is 1.64. The fourth-order valence-corrected chi connectivity index (χ4v) is 5.89. The number of methoxy groups -OCH3 is 1. The number of allylic oxidation sites excluding steroid dienone is 1. The van der Waals surface area contributed by atoms with Gasteiger partial charge in [0.15, 0.2) is 16.3 Å². The standard InChI is InChI=1S/C31H29ClN2O6S/c1-6-38-30(36)27-18(4)33-31-34(28(27)20-10-12-24(39-17(2)3)25(15-20)37-5)29(35)26(41-31)16-22-11-13-23(40-22)19-8-7-9-21(32)14-19/h7-17,28H,6H2,1-5H3/b26-16-/t28-/m1/s1. The second kappa shape index (κ2) is 11.8. The van der Waals surface area contributed by atoms with Crippen molar-refractivity contribution in [2.24, 2.45) is 4.99 Å². The molecule has 1 aliphatic heterocycles. The highest BCUT2D eigenvalue weighted by Crippen LogP contribution is 2.36. The maximum atomic E-state index is 13.9. The molecule has 0 unspecified atom stereocenters. The summed E-state index contributed by atoms with van der Waals surface area (Å²) in [5.41, 5.74) is 1.93. The summed E-state index contributed by atoms with van der Waals surface area (Å²) in [5.74, 6) is 1.64. The number of ether oxygens (including phenoxy) is 3. The van der Waals surface area contributed by atoms with E-state index in [1.165, 1.54) is 15.9 Å². The topological polar surface area (TPSA) is 92.3 Å². The van der Waals surface area contributed by atoms with Crippen molar-refractivity contribution in [1.29, 1.82) is 0 Å². The van der Waals surface area contributed by atoms with Gasteiger partial charge in [0, 0.05) is 16.7 Å². The number of furan rings is 1. The van der Waals surface area contributed by atoms with Crippen LogP contribution in [0.15, 0.2) is 80.1 Å². The molecule has 0 bridgehead atoms. The van der Waals surface area contributed by atoms with Crippen LogP contribution >= 0.6 is 22.9 Å². The van der Waals surface area contributed by atoms with Gasteiger partial charge in [-0.05, 0) is 69.7 Å². The number of esters is 1. The number of fused-ring (bicyclic) bond motifs is 1. The van der Waals surface area contributed by atoms with E-state index in [1.807, 2.05) is 44.2 Å². The summed E-state index contributed by atoms with van der Waals surface area (Å²) in [7, 11) is 1.55. The molecule has 0 N–H and O–H groups in total. The fraction of sp³-hybridized carbons (Fsp3) is 0.258. The lowest BCUT2D eigenvalue weighted by atomic mass is 9.95. The summed E-state index contributed by atoms with van der Waals surface area (Å²) in [6.07, 6.45) is 1.61. The van der Waals surface area contributed by atoms with E-state index >= 15 is 0 Å². The van der Waals surface area contributed by atoms with Gasteiger partial charge in [0.2, 0.25) is 0 Å². The Hall–Kier alpha value is -4.08. The van der Waals surface area contributed by atoms with E-state index < -0.39 is 12.0 Å². The zero-order chi connectivity index (χ0) is 29.3. The molecule has 2 aromatic heterocycles. The normalized spacial score (nSPS) is 15.1. The van der Waals surface area contributed by atoms with Gasteiger partial charge >= 0.3 is 5.97 Å². The second-order valence-corrected chi connectivity index (χ2v) is 11.0. The number of nitrogens with zero attached hydrogens (tertiary/aromatic N) is 2. The Labute approximate surface area is 245 Å². The SMILES string of the molecule is CCOC(=O)C1=C(C)N=c2s/c(=C\c3ccc(-c4cccc(Cl)c4)o3)c(=O)n2[C@@H]1c1ccc(OC(C)C)c(OC)c1. The van der Waals surface area contributed by atoms with Crippen molar-refractivity contribution in [1.82, 2.24) is 4.57 Å². The van der Waals surface area contributed by atoms with Crippen LogP contribution in [0.4, 0.5) is 0 Å². The molecule has 0 radical (unpaired) electrons. The molecular weight excluding hydrogens is 564 g/mol. The van der Waals surface area contributed by atoms with Crippen LogP contribution in [-0.4, -0.2) is 30.4 Å². The van der Waals surface area contributed by atoms with Gasteiger partial charge in [-0.2, -0.15) is 0 Å². The molecule has 8 nitrogen and oxygen atoms in total. The summed E-state index contributed by atoms with van der Waals surface area (Å²) in [6, 6.07) is 15.6. The maximum Gasteiger partial charge on any atom is 0.338 e. The minimum Gasteiger partial charge on any atom is -0.493 e. The van der Waals surface area contributed by atoms with E-state index in [2.05, 4.69) is 4.99 Å². The van der Waals surface area contributed by atoms with Crippen LogP contribution in [0.3, 0.4) is 0 Å². The van der Waals surface area contributed by atoms with Gasteiger partial charge in [-0.1, -0.05) is 41.1 Å². The zero-order valence-electron chi connectivity index (χ0n) is 23.3. The molecule has 3 heterocycles.